The molecule has 2 aromatic rings. The van der Waals surface area contributed by atoms with Crippen LogP contribution in [-0.2, 0) is 12.7 Å². The Hall–Kier alpha value is -2.01. The molecule has 5 heteroatoms. The van der Waals surface area contributed by atoms with E-state index in [0.29, 0.717) is 13.2 Å². The Labute approximate surface area is 134 Å². The number of hydrogen-bond donors (Lipinski definition) is 0. The number of halogens is 3. The maximum atomic E-state index is 12.7. The Morgan fingerprint density at radius 2 is 1.74 bits per heavy atom. The Morgan fingerprint density at radius 1 is 1.00 bits per heavy atom. The third-order valence-corrected chi connectivity index (χ3v) is 3.53. The van der Waals surface area contributed by atoms with Crippen molar-refractivity contribution in [2.24, 2.45) is 0 Å². The lowest BCUT2D eigenvalue weighted by atomic mass is 10.2. The minimum absolute atomic E-state index is 0.246. The number of likely N-dealkylation sites (N-methyl/N-ethyl adjacent to an activating group) is 1. The quantitative estimate of drug-likeness (QED) is 0.738. The molecule has 0 heterocycles. The molecule has 0 aromatic heterocycles. The van der Waals surface area contributed by atoms with Gasteiger partial charge >= 0.3 is 6.18 Å². The molecule has 0 saturated heterocycles. The second-order valence-electron chi connectivity index (χ2n) is 5.23. The van der Waals surface area contributed by atoms with Crippen molar-refractivity contribution >= 4 is 0 Å². The predicted molar refractivity (Wildman–Crippen MR) is 84.3 cm³/mol. The average molecular weight is 323 g/mol. The van der Waals surface area contributed by atoms with Crippen LogP contribution in [0, 0.1) is 0 Å². The van der Waals surface area contributed by atoms with Crippen molar-refractivity contribution < 1.29 is 17.9 Å². The summed E-state index contributed by atoms with van der Waals surface area (Å²) in [6, 6.07) is 15.0. The monoisotopic (exact) mass is 323 g/mol. The van der Waals surface area contributed by atoms with Crippen LogP contribution in [0.2, 0.25) is 0 Å². The van der Waals surface area contributed by atoms with Crippen molar-refractivity contribution in [2.75, 3.05) is 19.7 Å². The number of benzene rings is 2. The van der Waals surface area contributed by atoms with Crippen LogP contribution >= 0.6 is 0 Å². The molecule has 0 saturated carbocycles. The first-order chi connectivity index (χ1) is 11.0. The molecule has 0 bridgehead atoms. The van der Waals surface area contributed by atoms with E-state index in [9.17, 15) is 13.2 Å². The molecule has 0 spiro atoms. The van der Waals surface area contributed by atoms with E-state index in [1.54, 1.807) is 6.07 Å². The molecule has 0 aliphatic heterocycles. The zero-order chi connectivity index (χ0) is 16.7. The third-order valence-electron chi connectivity index (χ3n) is 3.53. The summed E-state index contributed by atoms with van der Waals surface area (Å²) in [6.45, 7) is 4.70. The molecule has 2 aromatic carbocycles. The molecule has 0 atom stereocenters. The molecule has 0 unspecified atom stereocenters. The highest BCUT2D eigenvalue weighted by molar-refractivity contribution is 5.30. The lowest BCUT2D eigenvalue weighted by Crippen LogP contribution is -2.27. The summed E-state index contributed by atoms with van der Waals surface area (Å²) in [5, 5.41) is 0. The SMILES string of the molecule is CCN(CCOc1cccc(C(F)(F)F)c1)Cc1ccccc1. The Kier molecular flexibility index (Phi) is 6.04. The maximum Gasteiger partial charge on any atom is 0.416 e. The third kappa shape index (κ3) is 5.60. The van der Waals surface area contributed by atoms with Gasteiger partial charge in [0.2, 0.25) is 0 Å². The molecule has 0 N–H and O–H groups in total. The van der Waals surface area contributed by atoms with Crippen molar-refractivity contribution in [1.82, 2.24) is 4.90 Å². The molecule has 0 aliphatic carbocycles. The van der Waals surface area contributed by atoms with Gasteiger partial charge in [-0.25, -0.2) is 0 Å². The average Bonchev–Trinajstić information content (AvgIpc) is 2.54. The molecule has 2 nitrogen and oxygen atoms in total. The lowest BCUT2D eigenvalue weighted by molar-refractivity contribution is -0.137. The minimum atomic E-state index is -4.35. The van der Waals surface area contributed by atoms with E-state index < -0.39 is 11.7 Å². The van der Waals surface area contributed by atoms with Crippen LogP contribution in [0.4, 0.5) is 13.2 Å². The fourth-order valence-corrected chi connectivity index (χ4v) is 2.25. The summed E-state index contributed by atoms with van der Waals surface area (Å²) < 4.78 is 43.4. The summed E-state index contributed by atoms with van der Waals surface area (Å²) in [6.07, 6.45) is -4.35. The van der Waals surface area contributed by atoms with E-state index >= 15 is 0 Å². The highest BCUT2D eigenvalue weighted by Gasteiger charge is 2.30. The highest BCUT2D eigenvalue weighted by atomic mass is 19.4. The van der Waals surface area contributed by atoms with Crippen LogP contribution in [0.1, 0.15) is 18.1 Å². The van der Waals surface area contributed by atoms with Crippen molar-refractivity contribution in [3.05, 3.63) is 65.7 Å². The molecular weight excluding hydrogens is 303 g/mol. The van der Waals surface area contributed by atoms with Gasteiger partial charge in [0.15, 0.2) is 0 Å². The van der Waals surface area contributed by atoms with Crippen LogP contribution in [0.5, 0.6) is 5.75 Å². The van der Waals surface area contributed by atoms with E-state index in [4.69, 9.17) is 4.74 Å². The Balaban J connectivity index is 1.86. The fourth-order valence-electron chi connectivity index (χ4n) is 2.25. The molecule has 124 valence electrons. The van der Waals surface area contributed by atoms with Gasteiger partial charge in [-0.2, -0.15) is 13.2 Å². The largest absolute Gasteiger partial charge is 0.492 e. The molecule has 23 heavy (non-hydrogen) atoms. The lowest BCUT2D eigenvalue weighted by Gasteiger charge is -2.20. The van der Waals surface area contributed by atoms with Gasteiger partial charge in [-0.15, -0.1) is 0 Å². The van der Waals surface area contributed by atoms with E-state index in [1.165, 1.54) is 11.6 Å². The van der Waals surface area contributed by atoms with Gasteiger partial charge in [-0.05, 0) is 30.3 Å². The minimum Gasteiger partial charge on any atom is -0.492 e. The van der Waals surface area contributed by atoms with Crippen LogP contribution in [0.15, 0.2) is 54.6 Å². The topological polar surface area (TPSA) is 12.5 Å². The Bertz CT molecular complexity index is 599. The fraction of sp³-hybridized carbons (Fsp3) is 0.333. The summed E-state index contributed by atoms with van der Waals surface area (Å²) in [7, 11) is 0. The number of nitrogens with zero attached hydrogens (tertiary/aromatic N) is 1. The summed E-state index contributed by atoms with van der Waals surface area (Å²) in [4.78, 5) is 2.18. The van der Waals surface area contributed by atoms with Gasteiger partial charge in [0.25, 0.3) is 0 Å². The zero-order valence-electron chi connectivity index (χ0n) is 13.0. The molecular formula is C18H20F3NO. The van der Waals surface area contributed by atoms with Gasteiger partial charge in [0.1, 0.15) is 12.4 Å². The standard InChI is InChI=1S/C18H20F3NO/c1-2-22(14-15-7-4-3-5-8-15)11-12-23-17-10-6-9-16(13-17)18(19,20)21/h3-10,13H,2,11-12,14H2,1H3. The smallest absolute Gasteiger partial charge is 0.416 e. The number of ether oxygens (including phenoxy) is 1. The van der Waals surface area contributed by atoms with Gasteiger partial charge < -0.3 is 4.74 Å². The van der Waals surface area contributed by atoms with Gasteiger partial charge in [0, 0.05) is 13.1 Å². The first-order valence-corrected chi connectivity index (χ1v) is 7.55. The number of alkyl halides is 3. The highest BCUT2D eigenvalue weighted by Crippen LogP contribution is 2.31. The molecule has 2 rings (SSSR count). The van der Waals surface area contributed by atoms with E-state index in [-0.39, 0.29) is 5.75 Å². The van der Waals surface area contributed by atoms with Crippen LogP contribution < -0.4 is 4.74 Å². The molecule has 0 radical (unpaired) electrons. The van der Waals surface area contributed by atoms with Gasteiger partial charge in [-0.3, -0.25) is 4.90 Å². The van der Waals surface area contributed by atoms with Crippen molar-refractivity contribution in [1.29, 1.82) is 0 Å². The first kappa shape index (κ1) is 17.3. The van der Waals surface area contributed by atoms with Gasteiger partial charge in [0.05, 0.1) is 5.56 Å². The van der Waals surface area contributed by atoms with Gasteiger partial charge in [-0.1, -0.05) is 43.3 Å². The summed E-state index contributed by atoms with van der Waals surface area (Å²) >= 11 is 0. The Morgan fingerprint density at radius 3 is 2.39 bits per heavy atom. The molecule has 0 amide bonds. The summed E-state index contributed by atoms with van der Waals surface area (Å²) in [5.74, 6) is 0.246. The van der Waals surface area contributed by atoms with Crippen LogP contribution in [0.3, 0.4) is 0 Å². The predicted octanol–water partition coefficient (Wildman–Crippen LogP) is 4.61. The molecule has 0 aliphatic rings. The van der Waals surface area contributed by atoms with Crippen molar-refractivity contribution in [2.45, 2.75) is 19.6 Å². The van der Waals surface area contributed by atoms with Crippen molar-refractivity contribution in [3.8, 4) is 5.75 Å². The van der Waals surface area contributed by atoms with Crippen molar-refractivity contribution in [3.63, 3.8) is 0 Å². The van der Waals surface area contributed by atoms with E-state index in [0.717, 1.165) is 25.2 Å². The maximum absolute atomic E-state index is 12.7. The number of rotatable bonds is 7. The van der Waals surface area contributed by atoms with E-state index in [2.05, 4.69) is 17.0 Å². The normalized spacial score (nSPS) is 11.7. The number of hydrogen-bond acceptors (Lipinski definition) is 2. The van der Waals surface area contributed by atoms with Crippen LogP contribution in [0.25, 0.3) is 0 Å². The first-order valence-electron chi connectivity index (χ1n) is 7.55. The molecule has 0 fully saturated rings. The van der Waals surface area contributed by atoms with E-state index in [1.807, 2.05) is 25.1 Å². The zero-order valence-corrected chi connectivity index (χ0v) is 13.0. The summed E-state index contributed by atoms with van der Waals surface area (Å²) in [5.41, 5.74) is 0.514. The second kappa shape index (κ2) is 8.02. The van der Waals surface area contributed by atoms with Crippen LogP contribution in [-0.4, -0.2) is 24.6 Å². The second-order valence-corrected chi connectivity index (χ2v) is 5.23.